The highest BCUT2D eigenvalue weighted by Gasteiger charge is 2.38. The van der Waals surface area contributed by atoms with Crippen LogP contribution >= 0.6 is 0 Å². The van der Waals surface area contributed by atoms with Gasteiger partial charge in [0.1, 0.15) is 0 Å². The van der Waals surface area contributed by atoms with E-state index in [1.54, 1.807) is 25.1 Å². The molecule has 260 valence electrons. The van der Waals surface area contributed by atoms with E-state index in [9.17, 15) is 36.9 Å². The first-order chi connectivity index (χ1) is 25.4. The van der Waals surface area contributed by atoms with Crippen molar-refractivity contribution in [2.45, 2.75) is 32.1 Å². The first kappa shape index (κ1) is 33.9. The van der Waals surface area contributed by atoms with Gasteiger partial charge in [0.2, 0.25) is 12.4 Å². The molecule has 0 N–H and O–H groups in total. The number of benzene rings is 3. The van der Waals surface area contributed by atoms with Crippen molar-refractivity contribution in [2.75, 3.05) is 0 Å². The Kier molecular flexibility index (Phi) is 7.96. The van der Waals surface area contributed by atoms with Gasteiger partial charge in [-0.25, -0.2) is 0 Å². The zero-order valence-electron chi connectivity index (χ0n) is 27.9. The standard InChI is InChI=1S/C43H26F6N4/c1-23-14-28(17-30(15-23)43(47,48)49)27-10-12-31-33-20-36-38(37(24-6-3-2-4-7-24)39(33)41(53-22-51)34(31)19-27)32-13-11-26(18-35(32)40(36)52-21-50)25-8-5-9-29(16-25)42(44,45)46/h2-7,9-14,16-20,23,34H,8,15H2,1H3. The highest BCUT2D eigenvalue weighted by molar-refractivity contribution is 6.21. The number of aliphatic imine (C=N–C) groups is 2. The van der Waals surface area contributed by atoms with Gasteiger partial charge in [-0.15, -0.1) is 0 Å². The van der Waals surface area contributed by atoms with Crippen LogP contribution in [0.3, 0.4) is 0 Å². The van der Waals surface area contributed by atoms with Crippen molar-refractivity contribution in [3.63, 3.8) is 0 Å². The van der Waals surface area contributed by atoms with Crippen molar-refractivity contribution in [1.29, 1.82) is 10.5 Å². The molecule has 5 aliphatic carbocycles. The van der Waals surface area contributed by atoms with E-state index in [0.29, 0.717) is 55.3 Å². The van der Waals surface area contributed by atoms with Gasteiger partial charge in [-0.3, -0.25) is 0 Å². The van der Waals surface area contributed by atoms with Crippen LogP contribution in [0, 0.1) is 45.2 Å². The number of nitrogens with zero attached hydrogens (tertiary/aromatic N) is 4. The molecule has 3 aromatic carbocycles. The number of alkyl halides is 6. The van der Waals surface area contributed by atoms with Gasteiger partial charge in [0.05, 0.1) is 17.0 Å². The minimum atomic E-state index is -4.51. The summed E-state index contributed by atoms with van der Waals surface area (Å²) in [6.45, 7) is 1.74. The summed E-state index contributed by atoms with van der Waals surface area (Å²) >= 11 is 0. The first-order valence-electron chi connectivity index (χ1n) is 16.8. The maximum absolute atomic E-state index is 13.8. The largest absolute Gasteiger partial charge is 0.416 e. The number of allylic oxidation sites excluding steroid dienone is 12. The van der Waals surface area contributed by atoms with E-state index in [1.165, 1.54) is 12.2 Å². The Hall–Kier alpha value is -6.26. The van der Waals surface area contributed by atoms with Crippen LogP contribution in [0.2, 0.25) is 0 Å². The third-order valence-corrected chi connectivity index (χ3v) is 10.2. The average molecular weight is 713 g/mol. The van der Waals surface area contributed by atoms with Crippen LogP contribution in [0.5, 0.6) is 0 Å². The smallest absolute Gasteiger partial charge is 0.177 e. The molecule has 0 heterocycles. The maximum atomic E-state index is 13.8. The Morgan fingerprint density at radius 1 is 0.755 bits per heavy atom. The van der Waals surface area contributed by atoms with Gasteiger partial charge in [0.15, 0.2) is 0 Å². The van der Waals surface area contributed by atoms with Gasteiger partial charge >= 0.3 is 12.4 Å². The molecule has 8 rings (SSSR count). The minimum absolute atomic E-state index is 0.111. The van der Waals surface area contributed by atoms with E-state index >= 15 is 0 Å². The van der Waals surface area contributed by atoms with E-state index in [4.69, 9.17) is 0 Å². The SMILES string of the molecule is CC1C=C(C2=CC3C(=NC#N)c4c(-c5ccccc5)c5c(cc4=C3C=C2)C(=NC#N)c2cc(=C3C=C(C(F)(F)F)C=CC3)ccc2=5)C=C(C(F)(F)F)C1. The maximum Gasteiger partial charge on any atom is 0.416 e. The fourth-order valence-corrected chi connectivity index (χ4v) is 8.00. The molecule has 0 spiro atoms. The predicted molar refractivity (Wildman–Crippen MR) is 190 cm³/mol. The van der Waals surface area contributed by atoms with Gasteiger partial charge in [0, 0.05) is 33.4 Å². The molecule has 0 bridgehead atoms. The van der Waals surface area contributed by atoms with Crippen molar-refractivity contribution in [1.82, 2.24) is 0 Å². The molecule has 53 heavy (non-hydrogen) atoms. The minimum Gasteiger partial charge on any atom is -0.177 e. The summed E-state index contributed by atoms with van der Waals surface area (Å²) in [5.41, 5.74) is 5.12. The zero-order chi connectivity index (χ0) is 37.2. The summed E-state index contributed by atoms with van der Waals surface area (Å²) < 4.78 is 82.4. The predicted octanol–water partition coefficient (Wildman–Crippen LogP) is 8.87. The quantitative estimate of drug-likeness (QED) is 0.154. The Morgan fingerprint density at radius 3 is 2.25 bits per heavy atom. The molecule has 2 unspecified atom stereocenters. The third kappa shape index (κ3) is 5.72. The van der Waals surface area contributed by atoms with E-state index in [-0.39, 0.29) is 18.8 Å². The monoisotopic (exact) mass is 712 g/mol. The Balaban J connectivity index is 1.41. The molecule has 2 atom stereocenters. The topological polar surface area (TPSA) is 72.3 Å². The molecule has 3 aromatic rings. The van der Waals surface area contributed by atoms with Gasteiger partial charge in [-0.2, -0.15) is 46.9 Å². The lowest BCUT2D eigenvalue weighted by Gasteiger charge is -2.23. The molecule has 5 aliphatic rings. The fraction of sp³-hybridized carbons (Fsp3) is 0.163. The second-order valence-electron chi connectivity index (χ2n) is 13.5. The lowest BCUT2D eigenvalue weighted by molar-refractivity contribution is -0.0951. The molecule has 10 heteroatoms. The fourth-order valence-electron chi connectivity index (χ4n) is 8.00. The van der Waals surface area contributed by atoms with Gasteiger partial charge in [-0.1, -0.05) is 85.8 Å². The number of fused-ring (bicyclic) bond motifs is 4. The van der Waals surface area contributed by atoms with Gasteiger partial charge < -0.3 is 0 Å². The average Bonchev–Trinajstić information content (AvgIpc) is 3.61. The highest BCUT2D eigenvalue weighted by atomic mass is 19.4. The number of hydrogen-bond acceptors (Lipinski definition) is 4. The summed E-state index contributed by atoms with van der Waals surface area (Å²) in [4.78, 5) is 8.59. The molecule has 4 nitrogen and oxygen atoms in total. The summed E-state index contributed by atoms with van der Waals surface area (Å²) in [7, 11) is 0. The Morgan fingerprint density at radius 2 is 1.53 bits per heavy atom. The Labute approximate surface area is 299 Å². The molecule has 0 aromatic heterocycles. The van der Waals surface area contributed by atoms with Crippen LogP contribution in [0.1, 0.15) is 36.5 Å². The Bertz CT molecular complexity index is 2720. The van der Waals surface area contributed by atoms with Crippen molar-refractivity contribution >= 4 is 22.6 Å². The molecular weight excluding hydrogens is 686 g/mol. The van der Waals surface area contributed by atoms with Crippen LogP contribution < -0.4 is 10.4 Å². The van der Waals surface area contributed by atoms with Crippen LogP contribution in [0.4, 0.5) is 26.3 Å². The summed E-state index contributed by atoms with van der Waals surface area (Å²) in [6, 6.07) is 16.7. The molecule has 0 amide bonds. The molecule has 0 saturated carbocycles. The van der Waals surface area contributed by atoms with Gasteiger partial charge in [0.25, 0.3) is 0 Å². The number of rotatable bonds is 2. The third-order valence-electron chi connectivity index (χ3n) is 10.2. The molecule has 0 radical (unpaired) electrons. The summed E-state index contributed by atoms with van der Waals surface area (Å²) in [6.07, 6.45) is 7.23. The number of nitriles is 2. The van der Waals surface area contributed by atoms with Crippen LogP contribution in [0.15, 0.2) is 135 Å². The summed E-state index contributed by atoms with van der Waals surface area (Å²) in [5.74, 6) is -0.889. The van der Waals surface area contributed by atoms with Crippen molar-refractivity contribution in [2.24, 2.45) is 21.8 Å². The van der Waals surface area contributed by atoms with Gasteiger partial charge in [-0.05, 0) is 92.1 Å². The van der Waals surface area contributed by atoms with E-state index in [2.05, 4.69) is 9.98 Å². The molecule has 0 fully saturated rings. The molecule has 0 saturated heterocycles. The summed E-state index contributed by atoms with van der Waals surface area (Å²) in [5, 5.41) is 22.6. The van der Waals surface area contributed by atoms with E-state index in [1.807, 2.05) is 73.1 Å². The van der Waals surface area contributed by atoms with Crippen LogP contribution in [0.25, 0.3) is 22.3 Å². The van der Waals surface area contributed by atoms with Crippen LogP contribution in [-0.4, -0.2) is 23.8 Å². The lowest BCUT2D eigenvalue weighted by atomic mass is 9.83. The second kappa shape index (κ2) is 12.5. The van der Waals surface area contributed by atoms with Crippen LogP contribution in [-0.2, 0) is 0 Å². The molecular formula is C43H26F6N4. The van der Waals surface area contributed by atoms with E-state index in [0.717, 1.165) is 39.3 Å². The normalized spacial score (nSPS) is 22.6. The zero-order valence-corrected chi connectivity index (χ0v) is 27.9. The number of hydrogen-bond donors (Lipinski definition) is 0. The van der Waals surface area contributed by atoms with Crippen molar-refractivity contribution < 1.29 is 26.3 Å². The number of halogens is 6. The van der Waals surface area contributed by atoms with E-state index < -0.39 is 29.4 Å². The molecule has 0 aliphatic heterocycles. The first-order valence-corrected chi connectivity index (χ1v) is 16.8. The highest BCUT2D eigenvalue weighted by Crippen LogP contribution is 2.42. The lowest BCUT2D eigenvalue weighted by Crippen LogP contribution is -2.18. The van der Waals surface area contributed by atoms with Crippen molar-refractivity contribution in [3.8, 4) is 23.5 Å². The second-order valence-corrected chi connectivity index (χ2v) is 13.5. The van der Waals surface area contributed by atoms with Crippen molar-refractivity contribution in [3.05, 3.63) is 163 Å².